The molecule has 0 aliphatic rings. The molecule has 0 saturated carbocycles. The molecule has 0 aromatic rings. The van der Waals surface area contributed by atoms with Gasteiger partial charge >= 0.3 is 0 Å². The fourth-order valence-corrected chi connectivity index (χ4v) is 1.32. The van der Waals surface area contributed by atoms with E-state index in [1.54, 1.807) is 0 Å². The lowest BCUT2D eigenvalue weighted by molar-refractivity contribution is 0.382. The van der Waals surface area contributed by atoms with Crippen LogP contribution in [0.25, 0.3) is 0 Å². The molecule has 10 heavy (non-hydrogen) atoms. The van der Waals surface area contributed by atoms with Crippen LogP contribution in [-0.2, 0) is 0 Å². The van der Waals surface area contributed by atoms with Gasteiger partial charge in [0.1, 0.15) is 0 Å². The van der Waals surface area contributed by atoms with Gasteiger partial charge in [0.25, 0.3) is 0 Å². The van der Waals surface area contributed by atoms with Crippen LogP contribution in [0.2, 0.25) is 0 Å². The first-order chi connectivity index (χ1) is 4.39. The van der Waals surface area contributed by atoms with E-state index in [-0.39, 0.29) is 5.92 Å². The lowest BCUT2D eigenvalue weighted by Gasteiger charge is -2.25. The maximum Gasteiger partial charge on any atom is 0.193 e. The van der Waals surface area contributed by atoms with Crippen molar-refractivity contribution in [1.82, 2.24) is 0 Å². The standard InChI is InChI=1S/C7H13Cl3/c1-4-5(2)6(3)7(8,9)10/h5-6H,4H2,1-3H3. The van der Waals surface area contributed by atoms with Crippen LogP contribution in [0.4, 0.5) is 0 Å². The van der Waals surface area contributed by atoms with Gasteiger partial charge < -0.3 is 0 Å². The second kappa shape index (κ2) is 4.04. The lowest BCUT2D eigenvalue weighted by atomic mass is 9.95. The summed E-state index contributed by atoms with van der Waals surface area (Å²) in [6.07, 6.45) is 1.05. The highest BCUT2D eigenvalue weighted by Crippen LogP contribution is 2.39. The molecule has 2 unspecified atom stereocenters. The van der Waals surface area contributed by atoms with E-state index in [4.69, 9.17) is 34.8 Å². The van der Waals surface area contributed by atoms with Crippen LogP contribution in [-0.4, -0.2) is 3.79 Å². The van der Waals surface area contributed by atoms with Gasteiger partial charge in [-0.15, -0.1) is 0 Å². The average Bonchev–Trinajstić information content (AvgIpc) is 1.83. The average molecular weight is 204 g/mol. The van der Waals surface area contributed by atoms with Crippen LogP contribution < -0.4 is 0 Å². The van der Waals surface area contributed by atoms with Gasteiger partial charge in [-0.25, -0.2) is 0 Å². The third-order valence-corrected chi connectivity index (χ3v) is 3.05. The van der Waals surface area contributed by atoms with E-state index < -0.39 is 3.79 Å². The summed E-state index contributed by atoms with van der Waals surface area (Å²) in [5, 5.41) is 0. The predicted octanol–water partition coefficient (Wildman–Crippen LogP) is 4.04. The number of rotatable bonds is 2. The number of alkyl halides is 3. The van der Waals surface area contributed by atoms with E-state index in [0.29, 0.717) is 5.92 Å². The monoisotopic (exact) mass is 202 g/mol. The van der Waals surface area contributed by atoms with E-state index in [0.717, 1.165) is 6.42 Å². The number of hydrogen-bond donors (Lipinski definition) is 0. The molecule has 0 bridgehead atoms. The van der Waals surface area contributed by atoms with Gasteiger partial charge in [-0.2, -0.15) is 0 Å². The van der Waals surface area contributed by atoms with Crippen LogP contribution in [0, 0.1) is 11.8 Å². The Balaban J connectivity index is 3.94. The molecule has 0 aromatic heterocycles. The molecule has 0 aromatic carbocycles. The SMILES string of the molecule is CCC(C)C(C)C(Cl)(Cl)Cl. The minimum absolute atomic E-state index is 0.127. The van der Waals surface area contributed by atoms with Crippen molar-refractivity contribution in [1.29, 1.82) is 0 Å². The Morgan fingerprint density at radius 3 is 1.70 bits per heavy atom. The molecule has 0 amide bonds. The Kier molecular flexibility index (Phi) is 4.39. The Bertz CT molecular complexity index is 95.5. The molecule has 3 heteroatoms. The van der Waals surface area contributed by atoms with E-state index in [2.05, 4.69) is 13.8 Å². The molecular formula is C7H13Cl3. The van der Waals surface area contributed by atoms with Crippen molar-refractivity contribution in [2.24, 2.45) is 11.8 Å². The van der Waals surface area contributed by atoms with Gasteiger partial charge in [-0.3, -0.25) is 0 Å². The van der Waals surface area contributed by atoms with Gasteiger partial charge in [0.2, 0.25) is 0 Å². The zero-order chi connectivity index (χ0) is 8.36. The largest absolute Gasteiger partial charge is 0.193 e. The van der Waals surface area contributed by atoms with Crippen LogP contribution >= 0.6 is 34.8 Å². The van der Waals surface area contributed by atoms with Gasteiger partial charge in [0.15, 0.2) is 3.79 Å². The summed E-state index contributed by atoms with van der Waals surface area (Å²) in [6, 6.07) is 0. The molecule has 0 nitrogen and oxygen atoms in total. The Hall–Kier alpha value is 0.870. The van der Waals surface area contributed by atoms with Crippen LogP contribution in [0.15, 0.2) is 0 Å². The maximum atomic E-state index is 5.69. The Morgan fingerprint density at radius 1 is 1.20 bits per heavy atom. The summed E-state index contributed by atoms with van der Waals surface area (Å²) in [6.45, 7) is 6.14. The molecule has 0 heterocycles. The fourth-order valence-electron chi connectivity index (χ4n) is 0.676. The van der Waals surface area contributed by atoms with E-state index in [9.17, 15) is 0 Å². The molecule has 0 saturated heterocycles. The van der Waals surface area contributed by atoms with Crippen molar-refractivity contribution >= 4 is 34.8 Å². The molecule has 2 atom stereocenters. The Morgan fingerprint density at radius 2 is 1.60 bits per heavy atom. The van der Waals surface area contributed by atoms with Crippen LogP contribution in [0.5, 0.6) is 0 Å². The molecule has 0 aliphatic heterocycles. The molecule has 62 valence electrons. The molecule has 0 N–H and O–H groups in total. The summed E-state index contributed by atoms with van der Waals surface area (Å²) in [4.78, 5) is 0. The third kappa shape index (κ3) is 3.32. The maximum absolute atomic E-state index is 5.69. The molecule has 0 spiro atoms. The smallest absolute Gasteiger partial charge is 0.0834 e. The van der Waals surface area contributed by atoms with Crippen molar-refractivity contribution in [3.63, 3.8) is 0 Å². The van der Waals surface area contributed by atoms with Crippen molar-refractivity contribution in [2.45, 2.75) is 31.0 Å². The first-order valence-electron chi connectivity index (χ1n) is 3.46. The summed E-state index contributed by atoms with van der Waals surface area (Å²) >= 11 is 17.1. The zero-order valence-corrected chi connectivity index (χ0v) is 8.76. The molecular weight excluding hydrogens is 190 g/mol. The highest BCUT2D eigenvalue weighted by molar-refractivity contribution is 6.67. The first kappa shape index (κ1) is 10.9. The molecule has 0 radical (unpaired) electrons. The summed E-state index contributed by atoms with van der Waals surface area (Å²) in [5.74, 6) is 0.593. The molecule has 0 rings (SSSR count). The summed E-state index contributed by atoms with van der Waals surface area (Å²) in [5.41, 5.74) is 0. The number of hydrogen-bond acceptors (Lipinski definition) is 0. The second-order valence-corrected chi connectivity index (χ2v) is 5.08. The normalized spacial score (nSPS) is 18.6. The summed E-state index contributed by atoms with van der Waals surface area (Å²) in [7, 11) is 0. The third-order valence-electron chi connectivity index (χ3n) is 2.01. The van der Waals surface area contributed by atoms with Gasteiger partial charge in [0.05, 0.1) is 0 Å². The minimum Gasteiger partial charge on any atom is -0.0834 e. The van der Waals surface area contributed by atoms with E-state index in [1.807, 2.05) is 6.92 Å². The van der Waals surface area contributed by atoms with E-state index in [1.165, 1.54) is 0 Å². The predicted molar refractivity (Wildman–Crippen MR) is 48.9 cm³/mol. The van der Waals surface area contributed by atoms with Crippen molar-refractivity contribution in [3.05, 3.63) is 0 Å². The van der Waals surface area contributed by atoms with Crippen LogP contribution in [0.3, 0.4) is 0 Å². The van der Waals surface area contributed by atoms with E-state index >= 15 is 0 Å². The highest BCUT2D eigenvalue weighted by Gasteiger charge is 2.31. The topological polar surface area (TPSA) is 0 Å². The zero-order valence-electron chi connectivity index (χ0n) is 6.50. The van der Waals surface area contributed by atoms with Gasteiger partial charge in [-0.1, -0.05) is 62.0 Å². The van der Waals surface area contributed by atoms with Crippen molar-refractivity contribution in [2.75, 3.05) is 0 Å². The van der Waals surface area contributed by atoms with Crippen molar-refractivity contribution < 1.29 is 0 Å². The Labute approximate surface area is 77.8 Å². The summed E-state index contributed by atoms with van der Waals surface area (Å²) < 4.78 is -1.10. The van der Waals surface area contributed by atoms with Gasteiger partial charge in [-0.05, 0) is 5.92 Å². The highest BCUT2D eigenvalue weighted by atomic mass is 35.6. The van der Waals surface area contributed by atoms with Gasteiger partial charge in [0, 0.05) is 5.92 Å². The molecule has 0 aliphatic carbocycles. The molecule has 0 fully saturated rings. The minimum atomic E-state index is -1.10. The quantitative estimate of drug-likeness (QED) is 0.594. The first-order valence-corrected chi connectivity index (χ1v) is 4.59. The lowest BCUT2D eigenvalue weighted by Crippen LogP contribution is -2.22. The fraction of sp³-hybridized carbons (Fsp3) is 1.00. The van der Waals surface area contributed by atoms with Crippen LogP contribution in [0.1, 0.15) is 27.2 Å². The second-order valence-electron chi connectivity index (χ2n) is 2.72. The number of halogens is 3. The van der Waals surface area contributed by atoms with Crippen molar-refractivity contribution in [3.8, 4) is 0 Å².